The Hall–Kier alpha value is -3.10. The first-order valence-electron chi connectivity index (χ1n) is 7.58. The molecule has 27 heavy (non-hydrogen) atoms. The van der Waals surface area contributed by atoms with Gasteiger partial charge in [0.1, 0.15) is 17.8 Å². The number of halogens is 3. The molecule has 0 saturated heterocycles. The maximum atomic E-state index is 13.0. The van der Waals surface area contributed by atoms with E-state index in [9.17, 15) is 9.18 Å². The van der Waals surface area contributed by atoms with Crippen LogP contribution in [0.2, 0.25) is 10.0 Å². The van der Waals surface area contributed by atoms with Crippen molar-refractivity contribution in [2.45, 2.75) is 0 Å². The lowest BCUT2D eigenvalue weighted by Crippen LogP contribution is -2.30. The number of benzene rings is 2. The fourth-order valence-electron chi connectivity index (χ4n) is 2.12. The lowest BCUT2D eigenvalue weighted by molar-refractivity contribution is 0.0962. The third-order valence-electron chi connectivity index (χ3n) is 3.46. The number of nitrogens with two attached hydrogens (primary N) is 1. The second-order valence-corrected chi connectivity index (χ2v) is 6.16. The molecule has 10 heteroatoms. The van der Waals surface area contributed by atoms with Gasteiger partial charge in [0.05, 0.1) is 10.6 Å². The summed E-state index contributed by atoms with van der Waals surface area (Å²) in [5, 5.41) is 3.57. The predicted octanol–water partition coefficient (Wildman–Crippen LogP) is 4.01. The summed E-state index contributed by atoms with van der Waals surface area (Å²) in [6.45, 7) is 0. The van der Waals surface area contributed by atoms with Crippen LogP contribution in [0.25, 0.3) is 0 Å². The molecule has 1 aromatic heterocycles. The number of nitrogens with one attached hydrogen (secondary N) is 3. The summed E-state index contributed by atoms with van der Waals surface area (Å²) in [5.41, 5.74) is 12.1. The number of hydrogen-bond acceptors (Lipinski definition) is 6. The highest BCUT2D eigenvalue weighted by Gasteiger charge is 2.13. The maximum absolute atomic E-state index is 13.0. The molecule has 0 bridgehead atoms. The molecule has 1 heterocycles. The summed E-state index contributed by atoms with van der Waals surface area (Å²) in [4.78, 5) is 20.2. The number of hydrazine groups is 1. The van der Waals surface area contributed by atoms with E-state index in [4.69, 9.17) is 28.9 Å². The van der Waals surface area contributed by atoms with Gasteiger partial charge in [0, 0.05) is 10.7 Å². The van der Waals surface area contributed by atoms with E-state index >= 15 is 0 Å². The van der Waals surface area contributed by atoms with Crippen LogP contribution >= 0.6 is 23.2 Å². The Labute approximate surface area is 163 Å². The van der Waals surface area contributed by atoms with Crippen molar-refractivity contribution in [2.75, 3.05) is 16.5 Å². The zero-order valence-electron chi connectivity index (χ0n) is 13.6. The van der Waals surface area contributed by atoms with Crippen LogP contribution in [0.15, 0.2) is 48.8 Å². The summed E-state index contributed by atoms with van der Waals surface area (Å²) >= 11 is 11.8. The average molecular weight is 407 g/mol. The fourth-order valence-corrected chi connectivity index (χ4v) is 2.62. The molecule has 3 aromatic rings. The van der Waals surface area contributed by atoms with E-state index in [1.54, 1.807) is 6.07 Å². The van der Waals surface area contributed by atoms with Gasteiger partial charge in [0.25, 0.3) is 5.91 Å². The van der Waals surface area contributed by atoms with Gasteiger partial charge in [-0.15, -0.1) is 0 Å². The predicted molar refractivity (Wildman–Crippen MR) is 104 cm³/mol. The van der Waals surface area contributed by atoms with E-state index in [-0.39, 0.29) is 33.7 Å². The van der Waals surface area contributed by atoms with E-state index in [2.05, 4.69) is 26.1 Å². The van der Waals surface area contributed by atoms with Crippen molar-refractivity contribution in [2.24, 2.45) is 0 Å². The molecule has 0 fully saturated rings. The summed E-state index contributed by atoms with van der Waals surface area (Å²) in [6.07, 6.45) is 1.26. The Bertz CT molecular complexity index is 984. The summed E-state index contributed by atoms with van der Waals surface area (Å²) in [7, 11) is 0. The summed E-state index contributed by atoms with van der Waals surface area (Å²) in [6, 6.07) is 10.2. The molecular formula is C17H13Cl2FN6O. The third kappa shape index (κ3) is 4.55. The molecule has 0 spiro atoms. The molecule has 1 amide bonds. The van der Waals surface area contributed by atoms with Gasteiger partial charge >= 0.3 is 0 Å². The van der Waals surface area contributed by atoms with Crippen molar-refractivity contribution in [1.82, 2.24) is 15.4 Å². The number of rotatable bonds is 5. The van der Waals surface area contributed by atoms with Gasteiger partial charge in [-0.3, -0.25) is 15.6 Å². The average Bonchev–Trinajstić information content (AvgIpc) is 2.64. The highest BCUT2D eigenvalue weighted by Crippen LogP contribution is 2.26. The smallest absolute Gasteiger partial charge is 0.271 e. The highest BCUT2D eigenvalue weighted by molar-refractivity contribution is 6.36. The Morgan fingerprint density at radius 3 is 2.44 bits per heavy atom. The standard InChI is InChI=1S/C17H13Cl2FN6O/c18-9-1-6-12(13(19)7-9)17(27)26-25-16-14(21)15(22-8-23-16)24-11-4-2-10(20)3-5-11/h1-8H,21H2,(H,26,27)(H2,22,23,24,25). The minimum atomic E-state index is -0.497. The molecule has 7 nitrogen and oxygen atoms in total. The number of hydrogen-bond donors (Lipinski definition) is 4. The van der Waals surface area contributed by atoms with Gasteiger partial charge in [-0.2, -0.15) is 0 Å². The molecule has 0 unspecified atom stereocenters. The SMILES string of the molecule is Nc1c(NNC(=O)c2ccc(Cl)cc2Cl)ncnc1Nc1ccc(F)cc1. The number of carbonyl (C=O) groups excluding carboxylic acids is 1. The van der Waals surface area contributed by atoms with Crippen molar-refractivity contribution in [1.29, 1.82) is 0 Å². The lowest BCUT2D eigenvalue weighted by Gasteiger charge is -2.13. The van der Waals surface area contributed by atoms with Gasteiger partial charge in [-0.05, 0) is 42.5 Å². The molecule has 0 atom stereocenters. The number of amides is 1. The minimum Gasteiger partial charge on any atom is -0.393 e. The minimum absolute atomic E-state index is 0.157. The van der Waals surface area contributed by atoms with Gasteiger partial charge < -0.3 is 11.1 Å². The van der Waals surface area contributed by atoms with Crippen LogP contribution in [0.3, 0.4) is 0 Å². The van der Waals surface area contributed by atoms with Gasteiger partial charge in [-0.1, -0.05) is 23.2 Å². The third-order valence-corrected chi connectivity index (χ3v) is 4.01. The van der Waals surface area contributed by atoms with Gasteiger partial charge in [0.2, 0.25) is 0 Å². The van der Waals surface area contributed by atoms with Crippen molar-refractivity contribution in [3.63, 3.8) is 0 Å². The highest BCUT2D eigenvalue weighted by atomic mass is 35.5. The first kappa shape index (κ1) is 18.7. The number of nitrogen functional groups attached to an aromatic ring is 1. The van der Waals surface area contributed by atoms with E-state index in [1.165, 1.54) is 42.7 Å². The van der Waals surface area contributed by atoms with Gasteiger partial charge in [0.15, 0.2) is 11.6 Å². The molecule has 5 N–H and O–H groups in total. The van der Waals surface area contributed by atoms with Crippen molar-refractivity contribution >= 4 is 52.1 Å². The van der Waals surface area contributed by atoms with E-state index in [0.29, 0.717) is 10.7 Å². The quantitative estimate of drug-likeness (QED) is 0.477. The molecule has 0 saturated carbocycles. The van der Waals surface area contributed by atoms with Crippen LogP contribution in [0.4, 0.5) is 27.4 Å². The first-order valence-corrected chi connectivity index (χ1v) is 8.34. The summed E-state index contributed by atoms with van der Waals surface area (Å²) in [5.74, 6) is -0.393. The molecule has 3 rings (SSSR count). The fraction of sp³-hybridized carbons (Fsp3) is 0. The van der Waals surface area contributed by atoms with Crippen LogP contribution in [0, 0.1) is 5.82 Å². The number of nitrogens with zero attached hydrogens (tertiary/aromatic N) is 2. The van der Waals surface area contributed by atoms with E-state index in [0.717, 1.165) is 0 Å². The lowest BCUT2D eigenvalue weighted by atomic mass is 10.2. The number of aromatic nitrogens is 2. The molecule has 0 radical (unpaired) electrons. The molecular weight excluding hydrogens is 394 g/mol. The molecule has 0 aliphatic rings. The molecule has 0 aliphatic heterocycles. The maximum Gasteiger partial charge on any atom is 0.271 e. The zero-order chi connectivity index (χ0) is 19.4. The normalized spacial score (nSPS) is 10.3. The van der Waals surface area contributed by atoms with Crippen LogP contribution in [0.1, 0.15) is 10.4 Å². The van der Waals surface area contributed by atoms with Crippen LogP contribution in [0.5, 0.6) is 0 Å². The Morgan fingerprint density at radius 1 is 1.04 bits per heavy atom. The van der Waals surface area contributed by atoms with Crippen molar-refractivity contribution < 1.29 is 9.18 Å². The Kier molecular flexibility index (Phi) is 5.58. The largest absolute Gasteiger partial charge is 0.393 e. The summed E-state index contributed by atoms with van der Waals surface area (Å²) < 4.78 is 13.0. The Morgan fingerprint density at radius 2 is 1.74 bits per heavy atom. The van der Waals surface area contributed by atoms with Crippen LogP contribution in [-0.4, -0.2) is 15.9 Å². The second kappa shape index (κ2) is 8.07. The van der Waals surface area contributed by atoms with Crippen LogP contribution < -0.4 is 21.9 Å². The Balaban J connectivity index is 1.72. The molecule has 138 valence electrons. The molecule has 2 aromatic carbocycles. The topological polar surface area (TPSA) is 105 Å². The van der Waals surface area contributed by atoms with Crippen molar-refractivity contribution in [3.05, 3.63) is 70.2 Å². The number of anilines is 4. The van der Waals surface area contributed by atoms with Crippen molar-refractivity contribution in [3.8, 4) is 0 Å². The van der Waals surface area contributed by atoms with Gasteiger partial charge in [-0.25, -0.2) is 14.4 Å². The van der Waals surface area contributed by atoms with Crippen LogP contribution in [-0.2, 0) is 0 Å². The zero-order valence-corrected chi connectivity index (χ0v) is 15.1. The monoisotopic (exact) mass is 406 g/mol. The second-order valence-electron chi connectivity index (χ2n) is 5.32. The van der Waals surface area contributed by atoms with E-state index < -0.39 is 5.91 Å². The first-order chi connectivity index (χ1) is 12.9. The number of carbonyl (C=O) groups is 1. The van der Waals surface area contributed by atoms with E-state index in [1.807, 2.05) is 0 Å². The molecule has 0 aliphatic carbocycles.